The second kappa shape index (κ2) is 4.88. The summed E-state index contributed by atoms with van der Waals surface area (Å²) in [5.41, 5.74) is 1.55. The van der Waals surface area contributed by atoms with Gasteiger partial charge in [0, 0.05) is 5.02 Å². The highest BCUT2D eigenvalue weighted by molar-refractivity contribution is 6.32. The van der Waals surface area contributed by atoms with Crippen molar-refractivity contribution in [2.75, 3.05) is 4.90 Å². The number of nitrogens with zero attached hydrogens (tertiary/aromatic N) is 1. The number of imide groups is 1. The topological polar surface area (TPSA) is 37.4 Å². The average molecular weight is 292 g/mol. The van der Waals surface area contributed by atoms with E-state index in [4.69, 9.17) is 11.6 Å². The van der Waals surface area contributed by atoms with E-state index in [1.54, 1.807) is 12.1 Å². The summed E-state index contributed by atoms with van der Waals surface area (Å²) in [6, 6.07) is 5.37. The fourth-order valence-electron chi connectivity index (χ4n) is 3.36. The van der Waals surface area contributed by atoms with Crippen LogP contribution in [-0.2, 0) is 9.59 Å². The number of fused-ring (bicyclic) bond motifs is 1. The van der Waals surface area contributed by atoms with Gasteiger partial charge >= 0.3 is 0 Å². The van der Waals surface area contributed by atoms with Crippen LogP contribution < -0.4 is 4.90 Å². The molecule has 2 fully saturated rings. The highest BCUT2D eigenvalue weighted by atomic mass is 35.5. The van der Waals surface area contributed by atoms with Crippen molar-refractivity contribution in [3.8, 4) is 0 Å². The molecule has 0 spiro atoms. The zero-order chi connectivity index (χ0) is 14.4. The van der Waals surface area contributed by atoms with Gasteiger partial charge in [0.15, 0.2) is 0 Å². The lowest BCUT2D eigenvalue weighted by molar-refractivity contribution is -0.122. The lowest BCUT2D eigenvalue weighted by Crippen LogP contribution is -2.30. The van der Waals surface area contributed by atoms with Crippen LogP contribution in [0.5, 0.6) is 0 Å². The molecule has 0 bridgehead atoms. The molecule has 4 heteroatoms. The third kappa shape index (κ3) is 2.05. The quantitative estimate of drug-likeness (QED) is 0.742. The number of carbonyl (C=O) groups excluding carboxylic acids is 2. The molecule has 2 amide bonds. The van der Waals surface area contributed by atoms with Crippen molar-refractivity contribution in [1.29, 1.82) is 0 Å². The van der Waals surface area contributed by atoms with Gasteiger partial charge in [-0.2, -0.15) is 0 Å². The van der Waals surface area contributed by atoms with E-state index in [1.807, 2.05) is 13.0 Å². The Morgan fingerprint density at radius 1 is 1.15 bits per heavy atom. The minimum absolute atomic E-state index is 0.0492. The summed E-state index contributed by atoms with van der Waals surface area (Å²) in [6.07, 6.45) is 2.68. The fraction of sp³-hybridized carbons (Fsp3) is 0.500. The zero-order valence-electron chi connectivity index (χ0n) is 11.7. The predicted octanol–water partition coefficient (Wildman–Crippen LogP) is 3.57. The van der Waals surface area contributed by atoms with Crippen LogP contribution >= 0.6 is 11.6 Å². The molecular formula is C16H18ClNO2. The van der Waals surface area contributed by atoms with E-state index in [2.05, 4.69) is 6.92 Å². The molecule has 1 aromatic rings. The third-order valence-corrected chi connectivity index (χ3v) is 5.01. The number of hydrogen-bond donors (Lipinski definition) is 0. The molecule has 1 saturated heterocycles. The Balaban J connectivity index is 1.96. The Kier molecular flexibility index (Phi) is 3.33. The molecule has 0 radical (unpaired) electrons. The molecule has 1 aliphatic carbocycles. The summed E-state index contributed by atoms with van der Waals surface area (Å²) in [5, 5.41) is 0.589. The van der Waals surface area contributed by atoms with Crippen molar-refractivity contribution < 1.29 is 9.59 Å². The van der Waals surface area contributed by atoms with E-state index in [-0.39, 0.29) is 23.7 Å². The molecule has 1 heterocycles. The standard InChI is InChI=1S/C16H18ClNO2/c1-9-3-6-12-13(7-9)16(20)18(15(12)19)11-5-4-10(2)14(17)8-11/h4-5,8-9,12-13H,3,6-7H2,1-2H3/t9-,12+,13-/m1/s1. The van der Waals surface area contributed by atoms with E-state index < -0.39 is 0 Å². The number of hydrogen-bond acceptors (Lipinski definition) is 2. The Labute approximate surface area is 123 Å². The first-order chi connectivity index (χ1) is 9.49. The summed E-state index contributed by atoms with van der Waals surface area (Å²) in [5.74, 6) is 0.165. The molecule has 1 aliphatic heterocycles. The predicted molar refractivity (Wildman–Crippen MR) is 78.7 cm³/mol. The molecule has 3 atom stereocenters. The Hall–Kier alpha value is -1.35. The molecule has 1 saturated carbocycles. The van der Waals surface area contributed by atoms with Gasteiger partial charge in [0.25, 0.3) is 0 Å². The second-order valence-corrected chi connectivity index (χ2v) is 6.48. The van der Waals surface area contributed by atoms with Crippen molar-refractivity contribution in [1.82, 2.24) is 0 Å². The maximum absolute atomic E-state index is 12.6. The van der Waals surface area contributed by atoms with Crippen LogP contribution in [0.1, 0.15) is 31.7 Å². The number of aryl methyl sites for hydroxylation is 1. The first-order valence-electron chi connectivity index (χ1n) is 7.13. The van der Waals surface area contributed by atoms with Crippen molar-refractivity contribution in [2.45, 2.75) is 33.1 Å². The van der Waals surface area contributed by atoms with Gasteiger partial charge in [-0.05, 0) is 49.8 Å². The Morgan fingerprint density at radius 2 is 1.85 bits per heavy atom. The first kappa shape index (κ1) is 13.6. The molecule has 0 unspecified atom stereocenters. The van der Waals surface area contributed by atoms with Gasteiger partial charge in [-0.1, -0.05) is 24.6 Å². The number of anilines is 1. The highest BCUT2D eigenvalue weighted by Gasteiger charge is 2.49. The number of benzene rings is 1. The average Bonchev–Trinajstić information content (AvgIpc) is 2.65. The van der Waals surface area contributed by atoms with E-state index in [1.165, 1.54) is 4.90 Å². The van der Waals surface area contributed by atoms with Crippen LogP contribution in [0.25, 0.3) is 0 Å². The summed E-state index contributed by atoms with van der Waals surface area (Å²) in [7, 11) is 0. The van der Waals surface area contributed by atoms with Gasteiger partial charge < -0.3 is 0 Å². The van der Waals surface area contributed by atoms with Gasteiger partial charge in [0.1, 0.15) is 0 Å². The van der Waals surface area contributed by atoms with E-state index >= 15 is 0 Å². The first-order valence-corrected chi connectivity index (χ1v) is 7.51. The molecule has 3 nitrogen and oxygen atoms in total. The molecule has 2 aliphatic rings. The van der Waals surface area contributed by atoms with Crippen LogP contribution in [-0.4, -0.2) is 11.8 Å². The van der Waals surface area contributed by atoms with Crippen LogP contribution in [0.15, 0.2) is 18.2 Å². The summed E-state index contributed by atoms with van der Waals surface area (Å²) in [4.78, 5) is 26.4. The molecule has 0 N–H and O–H groups in total. The Bertz CT molecular complexity index is 584. The number of amides is 2. The Morgan fingerprint density at radius 3 is 2.55 bits per heavy atom. The number of carbonyl (C=O) groups is 2. The van der Waals surface area contributed by atoms with Gasteiger partial charge in [-0.25, -0.2) is 0 Å². The van der Waals surface area contributed by atoms with E-state index in [0.717, 1.165) is 24.8 Å². The second-order valence-electron chi connectivity index (χ2n) is 6.08. The summed E-state index contributed by atoms with van der Waals surface area (Å²) < 4.78 is 0. The van der Waals surface area contributed by atoms with Crippen molar-refractivity contribution in [2.24, 2.45) is 17.8 Å². The number of halogens is 1. The van der Waals surface area contributed by atoms with Gasteiger partial charge in [-0.15, -0.1) is 0 Å². The summed E-state index contributed by atoms with van der Waals surface area (Å²) in [6.45, 7) is 4.06. The highest BCUT2D eigenvalue weighted by Crippen LogP contribution is 2.42. The molecule has 1 aromatic carbocycles. The van der Waals surface area contributed by atoms with Crippen LogP contribution in [0.3, 0.4) is 0 Å². The van der Waals surface area contributed by atoms with Gasteiger partial charge in [0.05, 0.1) is 17.5 Å². The van der Waals surface area contributed by atoms with Gasteiger partial charge in [-0.3, -0.25) is 14.5 Å². The minimum Gasteiger partial charge on any atom is -0.274 e. The smallest absolute Gasteiger partial charge is 0.237 e. The molecule has 3 rings (SSSR count). The lowest BCUT2D eigenvalue weighted by atomic mass is 9.76. The third-order valence-electron chi connectivity index (χ3n) is 4.60. The van der Waals surface area contributed by atoms with Gasteiger partial charge in [0.2, 0.25) is 11.8 Å². The maximum atomic E-state index is 12.6. The minimum atomic E-state index is -0.133. The fourth-order valence-corrected chi connectivity index (χ4v) is 3.54. The van der Waals surface area contributed by atoms with Crippen LogP contribution in [0, 0.1) is 24.7 Å². The lowest BCUT2D eigenvalue weighted by Gasteiger charge is -2.25. The molecular weight excluding hydrogens is 274 g/mol. The molecule has 0 aromatic heterocycles. The monoisotopic (exact) mass is 291 g/mol. The normalized spacial score (nSPS) is 29.8. The van der Waals surface area contributed by atoms with E-state index in [9.17, 15) is 9.59 Å². The number of rotatable bonds is 1. The maximum Gasteiger partial charge on any atom is 0.237 e. The molecule has 20 heavy (non-hydrogen) atoms. The SMILES string of the molecule is Cc1ccc(N2C(=O)[C@H]3CC[C@@H](C)C[C@H]3C2=O)cc1Cl. The van der Waals surface area contributed by atoms with Crippen molar-refractivity contribution in [3.63, 3.8) is 0 Å². The van der Waals surface area contributed by atoms with Crippen LogP contribution in [0.2, 0.25) is 5.02 Å². The zero-order valence-corrected chi connectivity index (χ0v) is 12.5. The van der Waals surface area contributed by atoms with Crippen LogP contribution in [0.4, 0.5) is 5.69 Å². The van der Waals surface area contributed by atoms with E-state index in [0.29, 0.717) is 16.6 Å². The largest absolute Gasteiger partial charge is 0.274 e. The van der Waals surface area contributed by atoms with Crippen molar-refractivity contribution in [3.05, 3.63) is 28.8 Å². The molecule has 106 valence electrons. The van der Waals surface area contributed by atoms with Crippen molar-refractivity contribution >= 4 is 29.1 Å². The summed E-state index contributed by atoms with van der Waals surface area (Å²) >= 11 is 6.11.